The zero-order valence-electron chi connectivity index (χ0n) is 12.2. The van der Waals surface area contributed by atoms with Crippen LogP contribution in [0.15, 0.2) is 35.4 Å². The van der Waals surface area contributed by atoms with Gasteiger partial charge in [-0.15, -0.1) is 0 Å². The largest absolute Gasteiger partial charge is 0.397 e. The summed E-state index contributed by atoms with van der Waals surface area (Å²) in [5, 5.41) is 2.72. The molecule has 1 unspecified atom stereocenters. The number of amides is 1. The first-order valence-corrected chi connectivity index (χ1v) is 7.21. The van der Waals surface area contributed by atoms with Gasteiger partial charge >= 0.3 is 0 Å². The molecule has 1 aromatic heterocycles. The lowest BCUT2D eigenvalue weighted by Gasteiger charge is -2.16. The minimum absolute atomic E-state index is 0.0182. The first-order chi connectivity index (χ1) is 10.5. The van der Waals surface area contributed by atoms with Crippen molar-refractivity contribution in [1.82, 2.24) is 4.98 Å². The van der Waals surface area contributed by atoms with Gasteiger partial charge in [0, 0.05) is 23.8 Å². The number of carbonyl (C=O) groups is 1. The molecule has 22 heavy (non-hydrogen) atoms. The Kier molecular flexibility index (Phi) is 3.68. The van der Waals surface area contributed by atoms with Gasteiger partial charge < -0.3 is 11.1 Å². The van der Waals surface area contributed by atoms with Crippen LogP contribution in [0.4, 0.5) is 10.2 Å². The topological polar surface area (TPSA) is 68.0 Å². The molecule has 0 saturated heterocycles. The second-order valence-electron chi connectivity index (χ2n) is 5.55. The molecule has 0 radical (unpaired) electrons. The Morgan fingerprint density at radius 3 is 3.05 bits per heavy atom. The van der Waals surface area contributed by atoms with Gasteiger partial charge in [0.25, 0.3) is 0 Å². The third-order valence-corrected chi connectivity index (χ3v) is 3.86. The highest BCUT2D eigenvalue weighted by atomic mass is 19.1. The molecule has 5 heteroatoms. The number of allylic oxidation sites excluding steroid dienone is 3. The number of carbonyl (C=O) groups excluding carboxylic acids is 1. The molecule has 0 bridgehead atoms. The fourth-order valence-electron chi connectivity index (χ4n) is 2.53. The van der Waals surface area contributed by atoms with Crippen LogP contribution in [0.3, 0.4) is 0 Å². The van der Waals surface area contributed by atoms with Gasteiger partial charge in [-0.25, -0.2) is 9.37 Å². The first-order valence-electron chi connectivity index (χ1n) is 7.21. The maximum atomic E-state index is 14.0. The number of aryl methyl sites for hydroxylation is 1. The van der Waals surface area contributed by atoms with Crippen LogP contribution in [0.25, 0.3) is 0 Å². The third kappa shape index (κ3) is 2.73. The van der Waals surface area contributed by atoms with Gasteiger partial charge in [-0.2, -0.15) is 0 Å². The Morgan fingerprint density at radius 1 is 1.41 bits per heavy atom. The zero-order chi connectivity index (χ0) is 15.7. The maximum Gasteiger partial charge on any atom is 0.225 e. The molecule has 1 atom stereocenters. The monoisotopic (exact) mass is 297 g/mol. The zero-order valence-corrected chi connectivity index (χ0v) is 12.2. The van der Waals surface area contributed by atoms with E-state index < -0.39 is 5.83 Å². The molecule has 112 valence electrons. The number of nitrogens with one attached hydrogen (secondary N) is 1. The molecule has 1 amide bonds. The van der Waals surface area contributed by atoms with Gasteiger partial charge in [0.2, 0.25) is 5.91 Å². The predicted molar refractivity (Wildman–Crippen MR) is 82.3 cm³/mol. The smallest absolute Gasteiger partial charge is 0.225 e. The summed E-state index contributed by atoms with van der Waals surface area (Å²) in [6, 6.07) is 1.89. The van der Waals surface area contributed by atoms with E-state index >= 15 is 0 Å². The van der Waals surface area contributed by atoms with Crippen LogP contribution in [0, 0.1) is 17.8 Å². The molecule has 0 saturated carbocycles. The number of anilines is 1. The Hall–Kier alpha value is -2.61. The van der Waals surface area contributed by atoms with Crippen molar-refractivity contribution in [2.75, 3.05) is 5.32 Å². The molecule has 1 aliphatic heterocycles. The van der Waals surface area contributed by atoms with E-state index in [1.54, 1.807) is 12.3 Å². The SMILES string of the molecule is CC1CC=C(N)C(F)=C1C#Cc1cnc2c(c1)CCC(=O)N2. The average Bonchev–Trinajstić information content (AvgIpc) is 2.51. The van der Waals surface area contributed by atoms with Crippen molar-refractivity contribution in [2.24, 2.45) is 11.7 Å². The van der Waals surface area contributed by atoms with Gasteiger partial charge in [-0.3, -0.25) is 4.79 Å². The lowest BCUT2D eigenvalue weighted by molar-refractivity contribution is -0.116. The predicted octanol–water partition coefficient (Wildman–Crippen LogP) is 2.42. The molecule has 0 aromatic carbocycles. The normalized spacial score (nSPS) is 20.5. The van der Waals surface area contributed by atoms with Crippen LogP contribution in [-0.4, -0.2) is 10.9 Å². The summed E-state index contributed by atoms with van der Waals surface area (Å²) in [7, 11) is 0. The number of hydrogen-bond acceptors (Lipinski definition) is 3. The van der Waals surface area contributed by atoms with E-state index in [9.17, 15) is 9.18 Å². The summed E-state index contributed by atoms with van der Waals surface area (Å²) in [5.74, 6) is 6.00. The lowest BCUT2D eigenvalue weighted by atomic mass is 9.91. The minimum Gasteiger partial charge on any atom is -0.397 e. The quantitative estimate of drug-likeness (QED) is 0.723. The summed E-state index contributed by atoms with van der Waals surface area (Å²) < 4.78 is 14.0. The number of nitrogens with two attached hydrogens (primary N) is 1. The second-order valence-corrected chi connectivity index (χ2v) is 5.55. The van der Waals surface area contributed by atoms with E-state index in [0.29, 0.717) is 36.2 Å². The van der Waals surface area contributed by atoms with Crippen molar-refractivity contribution >= 4 is 11.7 Å². The lowest BCUT2D eigenvalue weighted by Crippen LogP contribution is -2.20. The van der Waals surface area contributed by atoms with Crippen LogP contribution in [0.1, 0.15) is 30.9 Å². The Balaban J connectivity index is 1.90. The summed E-state index contributed by atoms with van der Waals surface area (Å²) in [6.07, 6.45) is 5.06. The molecule has 2 heterocycles. The fourth-order valence-corrected chi connectivity index (χ4v) is 2.53. The molecule has 0 fully saturated rings. The molecule has 4 nitrogen and oxygen atoms in total. The molecule has 1 aliphatic carbocycles. The van der Waals surface area contributed by atoms with Gasteiger partial charge in [-0.05, 0) is 30.4 Å². The van der Waals surface area contributed by atoms with Crippen molar-refractivity contribution < 1.29 is 9.18 Å². The van der Waals surface area contributed by atoms with E-state index in [0.717, 1.165) is 5.56 Å². The highest BCUT2D eigenvalue weighted by Gasteiger charge is 2.19. The second kappa shape index (κ2) is 5.64. The number of nitrogens with zero attached hydrogens (tertiary/aromatic N) is 1. The van der Waals surface area contributed by atoms with Crippen LogP contribution < -0.4 is 11.1 Å². The van der Waals surface area contributed by atoms with Crippen LogP contribution >= 0.6 is 0 Å². The number of fused-ring (bicyclic) bond motifs is 1. The Labute approximate surface area is 128 Å². The molecule has 0 spiro atoms. The number of hydrogen-bond donors (Lipinski definition) is 2. The van der Waals surface area contributed by atoms with Crippen molar-refractivity contribution in [2.45, 2.75) is 26.2 Å². The molecule has 2 aliphatic rings. The summed E-state index contributed by atoms with van der Waals surface area (Å²) >= 11 is 0. The van der Waals surface area contributed by atoms with E-state index in [-0.39, 0.29) is 17.5 Å². The summed E-state index contributed by atoms with van der Waals surface area (Å²) in [5.41, 5.74) is 7.87. The van der Waals surface area contributed by atoms with Crippen molar-refractivity contribution in [1.29, 1.82) is 0 Å². The number of pyridine rings is 1. The van der Waals surface area contributed by atoms with E-state index in [1.807, 2.05) is 13.0 Å². The number of aromatic nitrogens is 1. The summed E-state index contributed by atoms with van der Waals surface area (Å²) in [4.78, 5) is 15.5. The van der Waals surface area contributed by atoms with Crippen LogP contribution in [0.2, 0.25) is 0 Å². The van der Waals surface area contributed by atoms with Crippen molar-refractivity contribution in [3.05, 3.63) is 46.6 Å². The Morgan fingerprint density at radius 2 is 2.23 bits per heavy atom. The molecule has 3 N–H and O–H groups in total. The molecule has 3 rings (SSSR count). The Bertz CT molecular complexity index is 768. The fraction of sp³-hybridized carbons (Fsp3) is 0.294. The highest BCUT2D eigenvalue weighted by molar-refractivity contribution is 5.92. The third-order valence-electron chi connectivity index (χ3n) is 3.86. The van der Waals surface area contributed by atoms with Gasteiger partial charge in [-0.1, -0.05) is 24.8 Å². The summed E-state index contributed by atoms with van der Waals surface area (Å²) in [6.45, 7) is 1.92. The highest BCUT2D eigenvalue weighted by Crippen LogP contribution is 2.28. The van der Waals surface area contributed by atoms with Crippen molar-refractivity contribution in [3.63, 3.8) is 0 Å². The van der Waals surface area contributed by atoms with Gasteiger partial charge in [0.05, 0.1) is 5.70 Å². The van der Waals surface area contributed by atoms with Crippen LogP contribution in [-0.2, 0) is 11.2 Å². The number of rotatable bonds is 0. The first kappa shape index (κ1) is 14.3. The molecular formula is C17H16FN3O. The van der Waals surface area contributed by atoms with Crippen LogP contribution in [0.5, 0.6) is 0 Å². The average molecular weight is 297 g/mol. The molecule has 1 aromatic rings. The van der Waals surface area contributed by atoms with Crippen molar-refractivity contribution in [3.8, 4) is 11.8 Å². The van der Waals surface area contributed by atoms with E-state index in [4.69, 9.17) is 5.73 Å². The maximum absolute atomic E-state index is 14.0. The van der Waals surface area contributed by atoms with E-state index in [1.165, 1.54) is 0 Å². The number of halogens is 1. The van der Waals surface area contributed by atoms with Gasteiger partial charge in [0.15, 0.2) is 5.83 Å². The molecular weight excluding hydrogens is 281 g/mol. The minimum atomic E-state index is -0.426. The standard InChI is InChI=1S/C17H16FN3O/c1-10-2-6-14(19)16(18)13(10)5-3-11-8-12-4-7-15(22)21-17(12)20-9-11/h6,8-10H,2,4,7,19H2,1H3,(H,20,21,22). The van der Waals surface area contributed by atoms with Gasteiger partial charge in [0.1, 0.15) is 5.82 Å². The van der Waals surface area contributed by atoms with E-state index in [2.05, 4.69) is 22.1 Å².